The molecule has 148 valence electrons. The molecule has 3 aromatic rings. The Morgan fingerprint density at radius 2 is 1.82 bits per heavy atom. The molecule has 1 N–H and O–H groups in total. The Labute approximate surface area is 168 Å². The highest BCUT2D eigenvalue weighted by atomic mass is 35.5. The lowest BCUT2D eigenvalue weighted by Gasteiger charge is -2.09. The summed E-state index contributed by atoms with van der Waals surface area (Å²) in [4.78, 5) is 4.49. The van der Waals surface area contributed by atoms with Crippen LogP contribution in [-0.2, 0) is 22.2 Å². The monoisotopic (exact) mass is 447 g/mol. The summed E-state index contributed by atoms with van der Waals surface area (Å²) in [6.07, 6.45) is 0. The van der Waals surface area contributed by atoms with Gasteiger partial charge in [-0.05, 0) is 17.2 Å². The molecule has 0 bridgehead atoms. The van der Waals surface area contributed by atoms with Crippen LogP contribution in [0.25, 0.3) is 21.8 Å². The van der Waals surface area contributed by atoms with Gasteiger partial charge in [0.15, 0.2) is 0 Å². The zero-order valence-electron chi connectivity index (χ0n) is 14.1. The van der Waals surface area contributed by atoms with E-state index in [4.69, 9.17) is 11.6 Å². The number of sulfone groups is 1. The van der Waals surface area contributed by atoms with Crippen molar-refractivity contribution in [1.82, 2.24) is 4.98 Å². The maximum absolute atomic E-state index is 12.5. The molecule has 2 aromatic carbocycles. The van der Waals surface area contributed by atoms with Crippen molar-refractivity contribution in [2.75, 3.05) is 0 Å². The van der Waals surface area contributed by atoms with E-state index in [0.29, 0.717) is 21.8 Å². The van der Waals surface area contributed by atoms with Gasteiger partial charge in [0.05, 0.1) is 23.1 Å². The topological polar surface area (TPSA) is 67.3 Å². The molecule has 0 saturated carbocycles. The lowest BCUT2D eigenvalue weighted by Crippen LogP contribution is -2.24. The number of halogens is 4. The first-order chi connectivity index (χ1) is 13.1. The number of rotatable bonds is 5. The van der Waals surface area contributed by atoms with Crippen molar-refractivity contribution in [2.45, 2.75) is 17.9 Å². The lowest BCUT2D eigenvalue weighted by molar-refractivity contribution is -0.0437. The number of aliphatic hydroxyl groups excluding tert-OH is 1. The van der Waals surface area contributed by atoms with Gasteiger partial charge < -0.3 is 5.11 Å². The van der Waals surface area contributed by atoms with Crippen LogP contribution >= 0.6 is 22.9 Å². The number of benzene rings is 2. The molecule has 0 aliphatic rings. The smallest absolute Gasteiger partial charge is 0.392 e. The summed E-state index contributed by atoms with van der Waals surface area (Å²) < 4.78 is 60.2. The average molecular weight is 448 g/mol. The molecule has 3 rings (SSSR count). The van der Waals surface area contributed by atoms with Crippen LogP contribution in [-0.4, -0.2) is 24.0 Å². The minimum Gasteiger partial charge on any atom is -0.392 e. The van der Waals surface area contributed by atoms with E-state index in [1.54, 1.807) is 17.5 Å². The Balaban J connectivity index is 1.91. The number of nitrogens with zero attached hydrogens (tertiary/aromatic N) is 1. The van der Waals surface area contributed by atoms with Gasteiger partial charge in [-0.15, -0.1) is 11.3 Å². The van der Waals surface area contributed by atoms with Crippen molar-refractivity contribution in [1.29, 1.82) is 0 Å². The molecule has 0 aliphatic heterocycles. The molecule has 0 spiro atoms. The minimum atomic E-state index is -5.32. The Hall–Kier alpha value is -1.94. The van der Waals surface area contributed by atoms with Gasteiger partial charge in [0.25, 0.3) is 9.84 Å². The molecule has 1 heterocycles. The van der Waals surface area contributed by atoms with E-state index >= 15 is 0 Å². The van der Waals surface area contributed by atoms with E-state index in [2.05, 4.69) is 4.98 Å². The molecule has 0 atom stereocenters. The largest absolute Gasteiger partial charge is 0.497 e. The first-order valence-corrected chi connectivity index (χ1v) is 10.8. The first kappa shape index (κ1) is 20.8. The van der Waals surface area contributed by atoms with Crippen LogP contribution in [0.5, 0.6) is 0 Å². The standard InChI is InChI=1S/C18H13ClF3NO3S2/c19-15-7-11(10-28(25,26)18(20,21)22)5-6-14(15)16-9-27-17(23-16)13-4-2-1-3-12(13)8-24/h1-7,9,24H,8,10H2. The SMILES string of the molecule is O=S(=O)(Cc1ccc(-c2csc(-c3ccccc3CO)n2)c(Cl)c1)C(F)(F)F. The summed E-state index contributed by atoms with van der Waals surface area (Å²) in [5.41, 5.74) is -2.93. The van der Waals surface area contributed by atoms with Crippen molar-refractivity contribution in [3.05, 3.63) is 64.0 Å². The summed E-state index contributed by atoms with van der Waals surface area (Å²) >= 11 is 7.50. The maximum Gasteiger partial charge on any atom is 0.497 e. The summed E-state index contributed by atoms with van der Waals surface area (Å²) in [6.45, 7) is -0.145. The molecule has 0 fully saturated rings. The van der Waals surface area contributed by atoms with Gasteiger partial charge in [0.1, 0.15) is 5.01 Å². The van der Waals surface area contributed by atoms with E-state index < -0.39 is 21.1 Å². The molecular formula is C18H13ClF3NO3S2. The number of aliphatic hydroxyl groups is 1. The quantitative estimate of drug-likeness (QED) is 0.593. The second-order valence-corrected chi connectivity index (χ2v) is 9.12. The summed E-state index contributed by atoms with van der Waals surface area (Å²) in [7, 11) is -5.28. The Bertz CT molecular complexity index is 1110. The van der Waals surface area contributed by atoms with Crippen molar-refractivity contribution in [3.63, 3.8) is 0 Å². The molecule has 0 saturated heterocycles. The lowest BCUT2D eigenvalue weighted by atomic mass is 10.1. The normalized spacial score (nSPS) is 12.3. The van der Waals surface area contributed by atoms with Gasteiger partial charge in [0.2, 0.25) is 0 Å². The predicted molar refractivity (Wildman–Crippen MR) is 103 cm³/mol. The van der Waals surface area contributed by atoms with Crippen molar-refractivity contribution in [2.24, 2.45) is 0 Å². The number of thiazole rings is 1. The molecule has 0 radical (unpaired) electrons. The molecule has 0 unspecified atom stereocenters. The molecule has 1 aromatic heterocycles. The minimum absolute atomic E-state index is 0.0628. The zero-order valence-corrected chi connectivity index (χ0v) is 16.5. The zero-order chi connectivity index (χ0) is 20.5. The average Bonchev–Trinajstić information content (AvgIpc) is 3.10. The van der Waals surface area contributed by atoms with Crippen LogP contribution in [0.2, 0.25) is 5.02 Å². The fourth-order valence-electron chi connectivity index (χ4n) is 2.55. The maximum atomic E-state index is 12.5. The van der Waals surface area contributed by atoms with E-state index in [1.165, 1.54) is 29.5 Å². The van der Waals surface area contributed by atoms with Gasteiger partial charge in [-0.1, -0.05) is 48.0 Å². The van der Waals surface area contributed by atoms with Crippen molar-refractivity contribution in [3.8, 4) is 21.8 Å². The van der Waals surface area contributed by atoms with Crippen LogP contribution in [0.3, 0.4) is 0 Å². The highest BCUT2D eigenvalue weighted by Gasteiger charge is 2.45. The van der Waals surface area contributed by atoms with Crippen molar-refractivity contribution >= 4 is 32.8 Å². The third-order valence-corrected chi connectivity index (χ3v) is 6.55. The van der Waals surface area contributed by atoms with E-state index in [9.17, 15) is 26.7 Å². The van der Waals surface area contributed by atoms with Gasteiger partial charge in [-0.3, -0.25) is 0 Å². The van der Waals surface area contributed by atoms with Crippen LogP contribution in [0, 0.1) is 0 Å². The highest BCUT2D eigenvalue weighted by molar-refractivity contribution is 7.91. The number of alkyl halides is 3. The van der Waals surface area contributed by atoms with Crippen LogP contribution in [0.1, 0.15) is 11.1 Å². The summed E-state index contributed by atoms with van der Waals surface area (Å²) in [5.74, 6) is -1.18. The second-order valence-electron chi connectivity index (χ2n) is 5.87. The Morgan fingerprint density at radius 3 is 2.46 bits per heavy atom. The third-order valence-electron chi connectivity index (χ3n) is 3.94. The first-order valence-electron chi connectivity index (χ1n) is 7.85. The molecule has 28 heavy (non-hydrogen) atoms. The Kier molecular flexibility index (Phi) is 5.81. The van der Waals surface area contributed by atoms with Gasteiger partial charge >= 0.3 is 5.51 Å². The van der Waals surface area contributed by atoms with E-state index in [-0.39, 0.29) is 17.2 Å². The molecular weight excluding hydrogens is 435 g/mol. The van der Waals surface area contributed by atoms with Crippen LogP contribution in [0.4, 0.5) is 13.2 Å². The summed E-state index contributed by atoms with van der Waals surface area (Å²) in [6, 6.07) is 11.1. The van der Waals surface area contributed by atoms with E-state index in [1.807, 2.05) is 12.1 Å². The predicted octanol–water partition coefficient (Wildman–Crippen LogP) is 5.06. The van der Waals surface area contributed by atoms with Gasteiger partial charge in [-0.25, -0.2) is 13.4 Å². The highest BCUT2D eigenvalue weighted by Crippen LogP contribution is 2.35. The fourth-order valence-corrected chi connectivity index (χ4v) is 4.51. The van der Waals surface area contributed by atoms with Crippen molar-refractivity contribution < 1.29 is 26.7 Å². The Morgan fingerprint density at radius 1 is 1.11 bits per heavy atom. The van der Waals surface area contributed by atoms with Crippen LogP contribution in [0.15, 0.2) is 47.8 Å². The molecule has 0 amide bonds. The second kappa shape index (κ2) is 7.82. The summed E-state index contributed by atoms with van der Waals surface area (Å²) in [5, 5.41) is 11.9. The number of aromatic nitrogens is 1. The number of hydrogen-bond acceptors (Lipinski definition) is 5. The van der Waals surface area contributed by atoms with Gasteiger partial charge in [0, 0.05) is 16.5 Å². The molecule has 0 aliphatic carbocycles. The van der Waals surface area contributed by atoms with Gasteiger partial charge in [-0.2, -0.15) is 13.2 Å². The fraction of sp³-hybridized carbons (Fsp3) is 0.167. The molecule has 4 nitrogen and oxygen atoms in total. The molecule has 10 heteroatoms. The van der Waals surface area contributed by atoms with E-state index in [0.717, 1.165) is 5.56 Å². The number of hydrogen-bond donors (Lipinski definition) is 1. The van der Waals surface area contributed by atoms with Crippen LogP contribution < -0.4 is 0 Å². The third kappa shape index (κ3) is 4.22.